The van der Waals surface area contributed by atoms with Gasteiger partial charge in [0, 0.05) is 42.0 Å². The number of carbonyl (C=O) groups excluding carboxylic acids is 1. The van der Waals surface area contributed by atoms with E-state index in [2.05, 4.69) is 10.4 Å². The number of halogens is 1. The summed E-state index contributed by atoms with van der Waals surface area (Å²) in [6.07, 6.45) is 5.22. The lowest BCUT2D eigenvalue weighted by atomic mass is 10.2. The van der Waals surface area contributed by atoms with Gasteiger partial charge in [0.15, 0.2) is 0 Å². The number of aromatic nitrogens is 2. The summed E-state index contributed by atoms with van der Waals surface area (Å²) in [5, 5.41) is 7.76. The maximum absolute atomic E-state index is 12.7. The van der Waals surface area contributed by atoms with Gasteiger partial charge in [-0.3, -0.25) is 4.79 Å². The smallest absolute Gasteiger partial charge is 0.251 e. The number of sulfonamides is 1. The second-order valence-electron chi connectivity index (χ2n) is 7.09. The SMILES string of the molecule is O=C(NCc1cnn(-c2ccc(Cl)cc2)c1)c1cccc(S(=O)(=O)N2CCCC2)c1. The van der Waals surface area contributed by atoms with E-state index in [0.29, 0.717) is 23.7 Å². The molecule has 0 radical (unpaired) electrons. The fourth-order valence-electron chi connectivity index (χ4n) is 3.35. The lowest BCUT2D eigenvalue weighted by molar-refractivity contribution is 0.0950. The fraction of sp³-hybridized carbons (Fsp3) is 0.238. The first-order valence-corrected chi connectivity index (χ1v) is 11.4. The van der Waals surface area contributed by atoms with Gasteiger partial charge in [0.05, 0.1) is 16.8 Å². The summed E-state index contributed by atoms with van der Waals surface area (Å²) in [5.41, 5.74) is 1.98. The van der Waals surface area contributed by atoms with Crippen LogP contribution in [-0.2, 0) is 16.6 Å². The Balaban J connectivity index is 1.43. The topological polar surface area (TPSA) is 84.3 Å². The van der Waals surface area contributed by atoms with Crippen molar-refractivity contribution in [2.75, 3.05) is 13.1 Å². The highest BCUT2D eigenvalue weighted by atomic mass is 35.5. The first kappa shape index (κ1) is 20.6. The van der Waals surface area contributed by atoms with Crippen molar-refractivity contribution >= 4 is 27.5 Å². The normalized spacial score (nSPS) is 14.7. The van der Waals surface area contributed by atoms with Crippen molar-refractivity contribution < 1.29 is 13.2 Å². The molecule has 0 unspecified atom stereocenters. The molecule has 0 saturated carbocycles. The Morgan fingerprint density at radius 2 is 1.83 bits per heavy atom. The molecular formula is C21H21ClN4O3S. The molecule has 4 rings (SSSR count). The Morgan fingerprint density at radius 1 is 1.10 bits per heavy atom. The maximum Gasteiger partial charge on any atom is 0.251 e. The Labute approximate surface area is 180 Å². The minimum atomic E-state index is -3.56. The van der Waals surface area contributed by atoms with Crippen LogP contribution in [0.2, 0.25) is 5.02 Å². The van der Waals surface area contributed by atoms with Crippen molar-refractivity contribution in [1.29, 1.82) is 0 Å². The molecule has 30 heavy (non-hydrogen) atoms. The second kappa shape index (κ2) is 8.59. The average Bonchev–Trinajstić information content (AvgIpc) is 3.45. The van der Waals surface area contributed by atoms with Gasteiger partial charge in [0.1, 0.15) is 0 Å². The molecule has 2 heterocycles. The largest absolute Gasteiger partial charge is 0.348 e. The van der Waals surface area contributed by atoms with E-state index in [1.807, 2.05) is 18.3 Å². The molecule has 7 nitrogen and oxygen atoms in total. The van der Waals surface area contributed by atoms with Crippen LogP contribution in [0, 0.1) is 0 Å². The highest BCUT2D eigenvalue weighted by Crippen LogP contribution is 2.21. The third-order valence-electron chi connectivity index (χ3n) is 4.98. The van der Waals surface area contributed by atoms with Crippen LogP contribution >= 0.6 is 11.6 Å². The average molecular weight is 445 g/mol. The first-order chi connectivity index (χ1) is 14.4. The van der Waals surface area contributed by atoms with E-state index >= 15 is 0 Å². The molecule has 1 aromatic heterocycles. The zero-order valence-corrected chi connectivity index (χ0v) is 17.7. The number of benzene rings is 2. The molecular weight excluding hydrogens is 424 g/mol. The molecule has 0 spiro atoms. The first-order valence-electron chi connectivity index (χ1n) is 9.61. The van der Waals surface area contributed by atoms with Crippen LogP contribution in [0.15, 0.2) is 65.8 Å². The van der Waals surface area contributed by atoms with E-state index in [0.717, 1.165) is 24.1 Å². The number of hydrogen-bond acceptors (Lipinski definition) is 4. The third kappa shape index (κ3) is 4.40. The summed E-state index contributed by atoms with van der Waals surface area (Å²) in [6.45, 7) is 1.32. The van der Waals surface area contributed by atoms with Crippen LogP contribution in [0.5, 0.6) is 0 Å². The molecule has 1 amide bonds. The number of hydrogen-bond donors (Lipinski definition) is 1. The van der Waals surface area contributed by atoms with Crippen LogP contribution in [0.25, 0.3) is 5.69 Å². The standard InChI is InChI=1S/C21H21ClN4O3S/c22-18-6-8-19(9-7-18)26-15-16(14-24-26)13-23-21(27)17-4-3-5-20(12-17)30(28,29)25-10-1-2-11-25/h3-9,12,14-15H,1-2,10-11,13H2,(H,23,27). The summed E-state index contributed by atoms with van der Waals surface area (Å²) in [6, 6.07) is 13.4. The van der Waals surface area contributed by atoms with Gasteiger partial charge in [0.2, 0.25) is 10.0 Å². The lowest BCUT2D eigenvalue weighted by Crippen LogP contribution is -2.28. The van der Waals surface area contributed by atoms with E-state index < -0.39 is 10.0 Å². The van der Waals surface area contributed by atoms with Gasteiger partial charge in [-0.25, -0.2) is 13.1 Å². The molecule has 1 saturated heterocycles. The molecule has 0 atom stereocenters. The van der Waals surface area contributed by atoms with Gasteiger partial charge < -0.3 is 5.32 Å². The van der Waals surface area contributed by atoms with Crippen LogP contribution < -0.4 is 5.32 Å². The molecule has 1 fully saturated rings. The Kier molecular flexibility index (Phi) is 5.90. The Morgan fingerprint density at radius 3 is 2.57 bits per heavy atom. The molecule has 9 heteroatoms. The molecule has 2 aromatic carbocycles. The van der Waals surface area contributed by atoms with Crippen molar-refractivity contribution in [2.24, 2.45) is 0 Å². The highest BCUT2D eigenvalue weighted by molar-refractivity contribution is 7.89. The summed E-state index contributed by atoms with van der Waals surface area (Å²) < 4.78 is 28.6. The monoisotopic (exact) mass is 444 g/mol. The van der Waals surface area contributed by atoms with E-state index in [1.54, 1.807) is 35.1 Å². The fourth-order valence-corrected chi connectivity index (χ4v) is 5.04. The molecule has 3 aromatic rings. The van der Waals surface area contributed by atoms with Crippen molar-refractivity contribution in [3.8, 4) is 5.69 Å². The van der Waals surface area contributed by atoms with Gasteiger partial charge in [-0.1, -0.05) is 17.7 Å². The van der Waals surface area contributed by atoms with Crippen molar-refractivity contribution in [2.45, 2.75) is 24.3 Å². The number of nitrogens with one attached hydrogen (secondary N) is 1. The van der Waals surface area contributed by atoms with Crippen LogP contribution in [0.1, 0.15) is 28.8 Å². The summed E-state index contributed by atoms with van der Waals surface area (Å²) in [7, 11) is -3.56. The number of rotatable bonds is 6. The van der Waals surface area contributed by atoms with Crippen molar-refractivity contribution in [3.63, 3.8) is 0 Å². The van der Waals surface area contributed by atoms with Crippen molar-refractivity contribution in [1.82, 2.24) is 19.4 Å². The van der Waals surface area contributed by atoms with E-state index in [1.165, 1.54) is 16.4 Å². The lowest BCUT2D eigenvalue weighted by Gasteiger charge is -2.16. The molecule has 0 bridgehead atoms. The quantitative estimate of drug-likeness (QED) is 0.632. The number of nitrogens with zero attached hydrogens (tertiary/aromatic N) is 3. The molecule has 1 aliphatic rings. The summed E-state index contributed by atoms with van der Waals surface area (Å²) in [5.74, 6) is -0.340. The number of carbonyl (C=O) groups is 1. The molecule has 1 N–H and O–H groups in total. The van der Waals surface area contributed by atoms with Crippen molar-refractivity contribution in [3.05, 3.63) is 77.1 Å². The van der Waals surface area contributed by atoms with Crippen LogP contribution in [0.3, 0.4) is 0 Å². The minimum Gasteiger partial charge on any atom is -0.348 e. The predicted molar refractivity (Wildman–Crippen MR) is 114 cm³/mol. The van der Waals surface area contributed by atoms with E-state index in [-0.39, 0.29) is 17.3 Å². The highest BCUT2D eigenvalue weighted by Gasteiger charge is 2.27. The van der Waals surface area contributed by atoms with Gasteiger partial charge in [0.25, 0.3) is 5.91 Å². The third-order valence-corrected chi connectivity index (χ3v) is 7.13. The molecule has 1 aliphatic heterocycles. The van der Waals surface area contributed by atoms with Crippen LogP contribution in [-0.4, -0.2) is 41.5 Å². The maximum atomic E-state index is 12.7. The van der Waals surface area contributed by atoms with Gasteiger partial charge >= 0.3 is 0 Å². The minimum absolute atomic E-state index is 0.146. The molecule has 156 valence electrons. The van der Waals surface area contributed by atoms with E-state index in [4.69, 9.17) is 11.6 Å². The zero-order chi connectivity index (χ0) is 21.1. The van der Waals surface area contributed by atoms with E-state index in [9.17, 15) is 13.2 Å². The van der Waals surface area contributed by atoms with Gasteiger partial charge in [-0.05, 0) is 55.3 Å². The molecule has 0 aliphatic carbocycles. The van der Waals surface area contributed by atoms with Crippen LogP contribution in [0.4, 0.5) is 0 Å². The summed E-state index contributed by atoms with van der Waals surface area (Å²) in [4.78, 5) is 12.7. The zero-order valence-electron chi connectivity index (χ0n) is 16.2. The van der Waals surface area contributed by atoms with Gasteiger partial charge in [-0.15, -0.1) is 0 Å². The summed E-state index contributed by atoms with van der Waals surface area (Å²) >= 11 is 5.91. The second-order valence-corrected chi connectivity index (χ2v) is 9.47. The number of amides is 1. The van der Waals surface area contributed by atoms with Gasteiger partial charge in [-0.2, -0.15) is 9.40 Å². The Bertz CT molecular complexity index is 1150. The predicted octanol–water partition coefficient (Wildman–Crippen LogP) is 3.24. The Hall–Kier alpha value is -2.68.